The molecule has 1 saturated heterocycles. The number of imide groups is 1. The van der Waals surface area contributed by atoms with Gasteiger partial charge in [0.15, 0.2) is 6.17 Å². The summed E-state index contributed by atoms with van der Waals surface area (Å²) in [6, 6.07) is 2.85. The third-order valence-corrected chi connectivity index (χ3v) is 3.97. The molecule has 124 valence electrons. The molecule has 2 heterocycles. The molecule has 1 aromatic rings. The van der Waals surface area contributed by atoms with Crippen LogP contribution in [0.2, 0.25) is 0 Å². The first kappa shape index (κ1) is 15.6. The molecule has 6 nitrogen and oxygen atoms in total. The second-order valence-corrected chi connectivity index (χ2v) is 5.84. The van der Waals surface area contributed by atoms with Crippen molar-refractivity contribution < 1.29 is 23.1 Å². The number of ether oxygens (including phenoxy) is 1. The number of rotatable bonds is 6. The molecule has 1 aliphatic carbocycles. The molecule has 1 saturated carbocycles. The second kappa shape index (κ2) is 6.10. The predicted octanol–water partition coefficient (Wildman–Crippen LogP) is 1.55. The molecular weight excluding hydrogens is 308 g/mol. The van der Waals surface area contributed by atoms with E-state index in [2.05, 4.69) is 4.98 Å². The summed E-state index contributed by atoms with van der Waals surface area (Å²) in [6.07, 6.45) is -0.773. The van der Waals surface area contributed by atoms with Crippen LogP contribution in [0.3, 0.4) is 0 Å². The van der Waals surface area contributed by atoms with Crippen LogP contribution < -0.4 is 9.64 Å². The Bertz CT molecular complexity index is 624. The lowest BCUT2D eigenvalue weighted by atomic mass is 10.1. The number of anilines is 1. The van der Waals surface area contributed by atoms with Gasteiger partial charge >= 0.3 is 0 Å². The normalized spacial score (nSPS) is 23.2. The average molecular weight is 325 g/mol. The van der Waals surface area contributed by atoms with Gasteiger partial charge in [0.1, 0.15) is 11.4 Å². The van der Waals surface area contributed by atoms with Gasteiger partial charge in [-0.3, -0.25) is 14.5 Å². The highest BCUT2D eigenvalue weighted by molar-refractivity contribution is 5.98. The Morgan fingerprint density at radius 2 is 2.22 bits per heavy atom. The van der Waals surface area contributed by atoms with Crippen LogP contribution in [0.4, 0.5) is 14.5 Å². The van der Waals surface area contributed by atoms with Gasteiger partial charge in [-0.25, -0.2) is 13.8 Å². The molecule has 0 bridgehead atoms. The van der Waals surface area contributed by atoms with Crippen LogP contribution in [0.1, 0.15) is 23.3 Å². The Morgan fingerprint density at radius 1 is 1.48 bits per heavy atom. The molecular formula is C15H17F2N3O3. The topological polar surface area (TPSA) is 62.7 Å². The van der Waals surface area contributed by atoms with Gasteiger partial charge in [-0.2, -0.15) is 0 Å². The quantitative estimate of drug-likeness (QED) is 0.587. The Hall–Kier alpha value is -2.25. The zero-order valence-electron chi connectivity index (χ0n) is 12.6. The highest BCUT2D eigenvalue weighted by Crippen LogP contribution is 2.37. The van der Waals surface area contributed by atoms with E-state index in [9.17, 15) is 18.4 Å². The summed E-state index contributed by atoms with van der Waals surface area (Å²) in [7, 11) is 1.32. The van der Waals surface area contributed by atoms with Crippen LogP contribution in [0.25, 0.3) is 0 Å². The monoisotopic (exact) mass is 325 g/mol. The van der Waals surface area contributed by atoms with Crippen LogP contribution >= 0.6 is 0 Å². The Morgan fingerprint density at radius 3 is 2.78 bits per heavy atom. The molecule has 2 aliphatic rings. The third-order valence-electron chi connectivity index (χ3n) is 3.97. The highest BCUT2D eigenvalue weighted by Gasteiger charge is 2.41. The number of pyridine rings is 1. The summed E-state index contributed by atoms with van der Waals surface area (Å²) < 4.78 is 32.3. The molecule has 8 heteroatoms. The van der Waals surface area contributed by atoms with Gasteiger partial charge in [0, 0.05) is 7.05 Å². The number of hydrogen-bond donors (Lipinski definition) is 0. The standard InChI is InChI=1S/C15H17F2N3O3/c1-19(8-21)15(22)11-4-5-12(20-6-10(16)13(20)17)14(18-11)23-7-9-2-3-9/h4-5,8-10,13H,2-3,6-7H2,1H3. The van der Waals surface area contributed by atoms with Crippen LogP contribution in [0, 0.1) is 5.92 Å². The average Bonchev–Trinajstić information content (AvgIpc) is 3.40. The molecule has 0 radical (unpaired) electrons. The van der Waals surface area contributed by atoms with E-state index in [-0.39, 0.29) is 18.1 Å². The number of amides is 2. The van der Waals surface area contributed by atoms with Crippen molar-refractivity contribution in [1.82, 2.24) is 9.88 Å². The minimum atomic E-state index is -1.74. The van der Waals surface area contributed by atoms with Crippen molar-refractivity contribution >= 4 is 18.0 Å². The van der Waals surface area contributed by atoms with Crippen molar-refractivity contribution in [1.29, 1.82) is 0 Å². The number of aromatic nitrogens is 1. The Balaban J connectivity index is 1.85. The minimum absolute atomic E-state index is 0.0156. The number of alkyl halides is 2. The molecule has 2 fully saturated rings. The van der Waals surface area contributed by atoms with Gasteiger partial charge < -0.3 is 9.64 Å². The summed E-state index contributed by atoms with van der Waals surface area (Å²) >= 11 is 0. The van der Waals surface area contributed by atoms with E-state index in [1.54, 1.807) is 0 Å². The number of nitrogens with zero attached hydrogens (tertiary/aromatic N) is 3. The fourth-order valence-electron chi connectivity index (χ4n) is 2.25. The molecule has 2 amide bonds. The lowest BCUT2D eigenvalue weighted by molar-refractivity contribution is -0.115. The predicted molar refractivity (Wildman–Crippen MR) is 77.8 cm³/mol. The van der Waals surface area contributed by atoms with E-state index in [1.165, 1.54) is 24.1 Å². The molecule has 0 spiro atoms. The summed E-state index contributed by atoms with van der Waals surface area (Å²) in [6.45, 7) is 0.342. The van der Waals surface area contributed by atoms with E-state index in [4.69, 9.17) is 4.74 Å². The second-order valence-electron chi connectivity index (χ2n) is 5.84. The van der Waals surface area contributed by atoms with Crippen molar-refractivity contribution in [2.75, 3.05) is 25.1 Å². The molecule has 1 aliphatic heterocycles. The summed E-state index contributed by atoms with van der Waals surface area (Å²) in [5, 5.41) is 0. The third kappa shape index (κ3) is 3.11. The Kier molecular flexibility index (Phi) is 4.14. The van der Waals surface area contributed by atoms with E-state index >= 15 is 0 Å². The molecule has 0 aromatic carbocycles. The van der Waals surface area contributed by atoms with Gasteiger partial charge in [0.05, 0.1) is 13.2 Å². The summed E-state index contributed by atoms with van der Waals surface area (Å²) in [4.78, 5) is 28.8. The van der Waals surface area contributed by atoms with E-state index in [0.717, 1.165) is 17.7 Å². The molecule has 1 aromatic heterocycles. The largest absolute Gasteiger partial charge is 0.476 e. The van der Waals surface area contributed by atoms with E-state index in [1.807, 2.05) is 0 Å². The fraction of sp³-hybridized carbons (Fsp3) is 0.533. The lowest BCUT2D eigenvalue weighted by Crippen LogP contribution is -2.56. The zero-order valence-corrected chi connectivity index (χ0v) is 12.6. The first-order valence-corrected chi connectivity index (χ1v) is 7.42. The fourth-order valence-corrected chi connectivity index (χ4v) is 2.25. The summed E-state index contributed by atoms with van der Waals surface area (Å²) in [5.74, 6) is -0.0589. The lowest BCUT2D eigenvalue weighted by Gasteiger charge is -2.40. The minimum Gasteiger partial charge on any atom is -0.476 e. The van der Waals surface area contributed by atoms with Crippen molar-refractivity contribution in [3.8, 4) is 5.88 Å². The van der Waals surface area contributed by atoms with E-state index < -0.39 is 18.4 Å². The summed E-state index contributed by atoms with van der Waals surface area (Å²) in [5.41, 5.74) is 0.333. The van der Waals surface area contributed by atoms with Gasteiger partial charge in [-0.15, -0.1) is 0 Å². The molecule has 3 rings (SSSR count). The number of carbonyl (C=O) groups is 2. The highest BCUT2D eigenvalue weighted by atomic mass is 19.2. The molecule has 2 atom stereocenters. The van der Waals surface area contributed by atoms with Gasteiger partial charge in [0.25, 0.3) is 5.91 Å². The Labute approximate surface area is 132 Å². The molecule has 23 heavy (non-hydrogen) atoms. The van der Waals surface area contributed by atoms with Crippen molar-refractivity contribution in [3.63, 3.8) is 0 Å². The van der Waals surface area contributed by atoms with E-state index in [0.29, 0.717) is 24.6 Å². The maximum atomic E-state index is 13.6. The smallest absolute Gasteiger partial charge is 0.278 e. The first-order chi connectivity index (χ1) is 11.0. The maximum absolute atomic E-state index is 13.6. The number of halogens is 2. The zero-order chi connectivity index (χ0) is 16.6. The van der Waals surface area contributed by atoms with Crippen LogP contribution in [0.15, 0.2) is 12.1 Å². The van der Waals surface area contributed by atoms with Crippen molar-refractivity contribution in [2.24, 2.45) is 5.92 Å². The van der Waals surface area contributed by atoms with Crippen molar-refractivity contribution in [3.05, 3.63) is 17.8 Å². The molecule has 2 unspecified atom stereocenters. The SMILES string of the molecule is CN(C=O)C(=O)c1ccc(N2CC(F)C2F)c(OCC2CC2)n1. The van der Waals surface area contributed by atoms with Gasteiger partial charge in [-0.05, 0) is 30.9 Å². The van der Waals surface area contributed by atoms with Crippen molar-refractivity contribution in [2.45, 2.75) is 25.3 Å². The van der Waals surface area contributed by atoms with Gasteiger partial charge in [-0.1, -0.05) is 0 Å². The van der Waals surface area contributed by atoms with Crippen LogP contribution in [-0.2, 0) is 4.79 Å². The maximum Gasteiger partial charge on any atom is 0.278 e. The first-order valence-electron chi connectivity index (χ1n) is 7.42. The number of carbonyl (C=O) groups excluding carboxylic acids is 2. The van der Waals surface area contributed by atoms with Gasteiger partial charge in [0.2, 0.25) is 18.6 Å². The van der Waals surface area contributed by atoms with Crippen LogP contribution in [-0.4, -0.2) is 54.9 Å². The van der Waals surface area contributed by atoms with Crippen LogP contribution in [0.5, 0.6) is 5.88 Å². The number of hydrogen-bond acceptors (Lipinski definition) is 5. The molecule has 0 N–H and O–H groups in total.